The fourth-order valence-electron chi connectivity index (χ4n) is 2.46. The van der Waals surface area contributed by atoms with E-state index in [4.69, 9.17) is 4.65 Å². The maximum Gasteiger partial charge on any atom is 0.491 e. The summed E-state index contributed by atoms with van der Waals surface area (Å²) in [5.74, 6) is 0. The van der Waals surface area contributed by atoms with Crippen LogP contribution in [0.2, 0.25) is 0 Å². The van der Waals surface area contributed by atoms with E-state index in [0.29, 0.717) is 6.61 Å². The number of hydrogen-bond donors (Lipinski definition) is 1. The Balaban J connectivity index is 1.74. The van der Waals surface area contributed by atoms with Crippen molar-refractivity contribution in [3.63, 3.8) is 0 Å². The molecule has 1 aliphatic rings. The van der Waals surface area contributed by atoms with E-state index in [9.17, 15) is 5.02 Å². The first kappa shape index (κ1) is 12.4. The molecular formula is C15H16BNO2. The molecule has 3 rings (SSSR count). The average molecular weight is 253 g/mol. The van der Waals surface area contributed by atoms with E-state index in [1.165, 1.54) is 16.7 Å². The highest BCUT2D eigenvalue weighted by molar-refractivity contribution is 6.60. The maximum absolute atomic E-state index is 9.84. The lowest BCUT2D eigenvalue weighted by Gasteiger charge is -2.19. The van der Waals surface area contributed by atoms with Crippen LogP contribution in [0.5, 0.6) is 0 Å². The molecule has 3 nitrogen and oxygen atoms in total. The molecule has 0 bridgehead atoms. The van der Waals surface area contributed by atoms with Gasteiger partial charge in [-0.2, -0.15) is 0 Å². The molecule has 1 N–H and O–H groups in total. The van der Waals surface area contributed by atoms with Crippen molar-refractivity contribution in [2.45, 2.75) is 19.3 Å². The van der Waals surface area contributed by atoms with Gasteiger partial charge in [-0.15, -0.1) is 0 Å². The number of aromatic nitrogens is 1. The van der Waals surface area contributed by atoms with Crippen molar-refractivity contribution in [2.75, 3.05) is 6.61 Å². The fourth-order valence-corrected chi connectivity index (χ4v) is 2.46. The average Bonchev–Trinajstić information content (AvgIpc) is 2.47. The molecule has 0 amide bonds. The van der Waals surface area contributed by atoms with E-state index >= 15 is 0 Å². The summed E-state index contributed by atoms with van der Waals surface area (Å²) in [6.45, 7) is 0.600. The van der Waals surface area contributed by atoms with Gasteiger partial charge in [-0.3, -0.25) is 4.98 Å². The third-order valence-electron chi connectivity index (χ3n) is 3.55. The van der Waals surface area contributed by atoms with Crippen molar-refractivity contribution < 1.29 is 9.68 Å². The van der Waals surface area contributed by atoms with Crippen molar-refractivity contribution in [2.24, 2.45) is 0 Å². The van der Waals surface area contributed by atoms with Gasteiger partial charge in [-0.1, -0.05) is 24.3 Å². The summed E-state index contributed by atoms with van der Waals surface area (Å²) >= 11 is 0. The third kappa shape index (κ3) is 2.86. The molecule has 0 saturated carbocycles. The van der Waals surface area contributed by atoms with Crippen LogP contribution in [0.1, 0.15) is 16.7 Å². The number of pyridine rings is 1. The van der Waals surface area contributed by atoms with Gasteiger partial charge in [0.05, 0.1) is 0 Å². The van der Waals surface area contributed by atoms with Gasteiger partial charge in [0.1, 0.15) is 0 Å². The molecule has 96 valence electrons. The standard InChI is InChI=1S/C15H16BNO2/c18-16-15-10-12(5-6-14(15)7-9-19-16)3-4-13-2-1-8-17-11-13/h1-2,5-6,8,10-11,18H,3-4,7,9H2. The summed E-state index contributed by atoms with van der Waals surface area (Å²) in [5, 5.41) is 9.84. The second kappa shape index (κ2) is 5.55. The van der Waals surface area contributed by atoms with Gasteiger partial charge in [-0.05, 0) is 47.5 Å². The van der Waals surface area contributed by atoms with Crippen LogP contribution < -0.4 is 5.46 Å². The Morgan fingerprint density at radius 2 is 2.11 bits per heavy atom. The Morgan fingerprint density at radius 3 is 2.95 bits per heavy atom. The van der Waals surface area contributed by atoms with Crippen LogP contribution in [0.4, 0.5) is 0 Å². The summed E-state index contributed by atoms with van der Waals surface area (Å²) < 4.78 is 5.27. The van der Waals surface area contributed by atoms with Crippen molar-refractivity contribution >= 4 is 12.6 Å². The molecular weight excluding hydrogens is 237 g/mol. The molecule has 1 aromatic heterocycles. The van der Waals surface area contributed by atoms with E-state index in [1.54, 1.807) is 6.20 Å². The van der Waals surface area contributed by atoms with Crippen LogP contribution in [0, 0.1) is 0 Å². The van der Waals surface area contributed by atoms with Crippen LogP contribution in [0.15, 0.2) is 42.7 Å². The molecule has 0 aliphatic carbocycles. The van der Waals surface area contributed by atoms with Gasteiger partial charge in [0.15, 0.2) is 0 Å². The number of aryl methyl sites for hydroxylation is 2. The Bertz CT molecular complexity index is 559. The fraction of sp³-hybridized carbons (Fsp3) is 0.267. The number of hydrogen-bond acceptors (Lipinski definition) is 3. The van der Waals surface area contributed by atoms with Gasteiger partial charge in [0.2, 0.25) is 0 Å². The third-order valence-corrected chi connectivity index (χ3v) is 3.55. The van der Waals surface area contributed by atoms with Crippen molar-refractivity contribution in [3.05, 3.63) is 59.4 Å². The lowest BCUT2D eigenvalue weighted by molar-refractivity contribution is 0.266. The second-order valence-corrected chi connectivity index (χ2v) is 4.87. The minimum atomic E-state index is -0.762. The van der Waals surface area contributed by atoms with E-state index in [-0.39, 0.29) is 0 Å². The smallest absolute Gasteiger partial charge is 0.423 e. The summed E-state index contributed by atoms with van der Waals surface area (Å²) in [7, 11) is -0.762. The van der Waals surface area contributed by atoms with Gasteiger partial charge in [0.25, 0.3) is 0 Å². The van der Waals surface area contributed by atoms with Crippen LogP contribution >= 0.6 is 0 Å². The van der Waals surface area contributed by atoms with Gasteiger partial charge >= 0.3 is 7.12 Å². The van der Waals surface area contributed by atoms with Crippen LogP contribution in [-0.4, -0.2) is 23.7 Å². The molecule has 0 saturated heterocycles. The Hall–Kier alpha value is -1.65. The Morgan fingerprint density at radius 1 is 1.21 bits per heavy atom. The highest BCUT2D eigenvalue weighted by atomic mass is 16.5. The zero-order valence-electron chi connectivity index (χ0n) is 10.7. The first-order valence-corrected chi connectivity index (χ1v) is 6.63. The van der Waals surface area contributed by atoms with Crippen LogP contribution in [0.25, 0.3) is 0 Å². The first-order valence-electron chi connectivity index (χ1n) is 6.63. The predicted molar refractivity (Wildman–Crippen MR) is 75.3 cm³/mol. The van der Waals surface area contributed by atoms with Crippen molar-refractivity contribution in [3.8, 4) is 0 Å². The molecule has 2 aromatic rings. The van der Waals surface area contributed by atoms with E-state index in [0.717, 1.165) is 24.7 Å². The van der Waals surface area contributed by atoms with Gasteiger partial charge in [0, 0.05) is 19.0 Å². The summed E-state index contributed by atoms with van der Waals surface area (Å²) in [6.07, 6.45) is 6.48. The lowest BCUT2D eigenvalue weighted by atomic mass is 9.73. The number of fused-ring (bicyclic) bond motifs is 1. The normalized spacial score (nSPS) is 14.3. The number of benzene rings is 1. The highest BCUT2D eigenvalue weighted by Crippen LogP contribution is 2.11. The minimum Gasteiger partial charge on any atom is -0.423 e. The molecule has 0 fully saturated rings. The summed E-state index contributed by atoms with van der Waals surface area (Å²) in [4.78, 5) is 4.12. The van der Waals surface area contributed by atoms with Crippen molar-refractivity contribution in [1.29, 1.82) is 0 Å². The van der Waals surface area contributed by atoms with Crippen LogP contribution in [0.3, 0.4) is 0 Å². The maximum atomic E-state index is 9.84. The molecule has 1 aromatic carbocycles. The Labute approximate surface area is 113 Å². The monoisotopic (exact) mass is 253 g/mol. The highest BCUT2D eigenvalue weighted by Gasteiger charge is 2.24. The van der Waals surface area contributed by atoms with Gasteiger partial charge < -0.3 is 9.68 Å². The second-order valence-electron chi connectivity index (χ2n) is 4.87. The molecule has 1 aliphatic heterocycles. The summed E-state index contributed by atoms with van der Waals surface area (Å²) in [5.41, 5.74) is 4.59. The van der Waals surface area contributed by atoms with Crippen molar-refractivity contribution in [1.82, 2.24) is 4.98 Å². The molecule has 19 heavy (non-hydrogen) atoms. The molecule has 0 unspecified atom stereocenters. The molecule has 0 spiro atoms. The summed E-state index contributed by atoms with van der Waals surface area (Å²) in [6, 6.07) is 10.4. The molecule has 0 radical (unpaired) electrons. The largest absolute Gasteiger partial charge is 0.491 e. The topological polar surface area (TPSA) is 42.4 Å². The molecule has 0 atom stereocenters. The molecule has 2 heterocycles. The molecule has 4 heteroatoms. The van der Waals surface area contributed by atoms with E-state index in [1.807, 2.05) is 12.3 Å². The van der Waals surface area contributed by atoms with E-state index < -0.39 is 7.12 Å². The minimum absolute atomic E-state index is 0.600. The quantitative estimate of drug-likeness (QED) is 0.834. The number of nitrogens with zero attached hydrogens (tertiary/aromatic N) is 1. The zero-order chi connectivity index (χ0) is 13.1. The lowest BCUT2D eigenvalue weighted by Crippen LogP contribution is -2.41. The number of rotatable bonds is 3. The SMILES string of the molecule is OB1OCCc2ccc(CCc3cccnc3)cc21. The first-order chi connectivity index (χ1) is 9.33. The van der Waals surface area contributed by atoms with E-state index in [2.05, 4.69) is 29.2 Å². The zero-order valence-corrected chi connectivity index (χ0v) is 10.7. The Kier molecular flexibility index (Phi) is 3.62. The van der Waals surface area contributed by atoms with Crippen LogP contribution in [-0.2, 0) is 23.9 Å². The van der Waals surface area contributed by atoms with Gasteiger partial charge in [-0.25, -0.2) is 0 Å². The predicted octanol–water partition coefficient (Wildman–Crippen LogP) is 1.13.